The van der Waals surface area contributed by atoms with Gasteiger partial charge >= 0.3 is 0 Å². The molecule has 21 heavy (non-hydrogen) atoms. The van der Waals surface area contributed by atoms with E-state index in [0.29, 0.717) is 11.4 Å². The van der Waals surface area contributed by atoms with Crippen LogP contribution >= 0.6 is 0 Å². The smallest absolute Gasteiger partial charge is 0.266 e. The van der Waals surface area contributed by atoms with E-state index in [9.17, 15) is 4.79 Å². The average Bonchev–Trinajstić information content (AvgIpc) is 2.54. The maximum absolute atomic E-state index is 11.9. The zero-order chi connectivity index (χ0) is 14.9. The van der Waals surface area contributed by atoms with Gasteiger partial charge in [0, 0.05) is 12.4 Å². The Labute approximate surface area is 124 Å². The fourth-order valence-corrected chi connectivity index (χ4v) is 1.75. The summed E-state index contributed by atoms with van der Waals surface area (Å²) in [5.41, 5.74) is 4.62. The zero-order valence-corrected chi connectivity index (χ0v) is 12.0. The van der Waals surface area contributed by atoms with Crippen molar-refractivity contribution in [2.45, 2.75) is 26.2 Å². The first kappa shape index (κ1) is 14.8. The summed E-state index contributed by atoms with van der Waals surface area (Å²) in [6.45, 7) is 2.15. The van der Waals surface area contributed by atoms with Gasteiger partial charge < -0.3 is 0 Å². The number of hydrazone groups is 1. The van der Waals surface area contributed by atoms with Crippen LogP contribution in [0.2, 0.25) is 0 Å². The molecule has 0 aromatic carbocycles. The lowest BCUT2D eigenvalue weighted by atomic mass is 10.1. The van der Waals surface area contributed by atoms with Crippen LogP contribution in [-0.4, -0.2) is 22.1 Å². The van der Waals surface area contributed by atoms with Crippen LogP contribution in [0.5, 0.6) is 0 Å². The summed E-state index contributed by atoms with van der Waals surface area (Å²) in [7, 11) is 0. The van der Waals surface area contributed by atoms with Crippen molar-refractivity contribution < 1.29 is 4.79 Å². The standard InChI is InChI=1S/C16H18N4O/c1-2-3-6-13-8-9-15(18-11-13)16(21)20-19-12-14-7-4-5-10-17-14/h4-5,7-12H,2-3,6H2,1H3,(H,20,21). The lowest BCUT2D eigenvalue weighted by Gasteiger charge is -2.02. The monoisotopic (exact) mass is 282 g/mol. The minimum Gasteiger partial charge on any atom is -0.266 e. The summed E-state index contributed by atoms with van der Waals surface area (Å²) < 4.78 is 0. The molecule has 2 aromatic rings. The lowest BCUT2D eigenvalue weighted by Crippen LogP contribution is -2.19. The van der Waals surface area contributed by atoms with E-state index in [1.807, 2.05) is 18.2 Å². The molecule has 1 amide bonds. The number of amides is 1. The van der Waals surface area contributed by atoms with E-state index < -0.39 is 0 Å². The largest absolute Gasteiger partial charge is 0.289 e. The number of aryl methyl sites for hydroxylation is 1. The number of hydrogen-bond acceptors (Lipinski definition) is 4. The highest BCUT2D eigenvalue weighted by Crippen LogP contribution is 2.05. The Morgan fingerprint density at radius 2 is 2.19 bits per heavy atom. The summed E-state index contributed by atoms with van der Waals surface area (Å²) in [5, 5.41) is 3.86. The Hall–Kier alpha value is -2.56. The van der Waals surface area contributed by atoms with Gasteiger partial charge in [0.1, 0.15) is 5.69 Å². The van der Waals surface area contributed by atoms with Crippen LogP contribution < -0.4 is 5.43 Å². The first-order chi connectivity index (χ1) is 10.3. The second-order valence-electron chi connectivity index (χ2n) is 4.61. The predicted octanol–water partition coefficient (Wildman–Crippen LogP) is 2.58. The molecule has 0 bridgehead atoms. The van der Waals surface area contributed by atoms with Crippen LogP contribution in [0.1, 0.15) is 41.5 Å². The number of pyridine rings is 2. The van der Waals surface area contributed by atoms with Gasteiger partial charge in [-0.1, -0.05) is 25.5 Å². The molecule has 0 atom stereocenters. The highest BCUT2D eigenvalue weighted by atomic mass is 16.2. The summed E-state index contributed by atoms with van der Waals surface area (Å²) in [6.07, 6.45) is 8.16. The molecule has 0 unspecified atom stereocenters. The molecular weight excluding hydrogens is 264 g/mol. The topological polar surface area (TPSA) is 67.2 Å². The van der Waals surface area contributed by atoms with Gasteiger partial charge in [-0.25, -0.2) is 5.43 Å². The van der Waals surface area contributed by atoms with Crippen molar-refractivity contribution in [3.63, 3.8) is 0 Å². The molecule has 0 spiro atoms. The zero-order valence-electron chi connectivity index (χ0n) is 12.0. The molecule has 108 valence electrons. The molecule has 5 nitrogen and oxygen atoms in total. The predicted molar refractivity (Wildman–Crippen MR) is 82.1 cm³/mol. The molecule has 0 fully saturated rings. The van der Waals surface area contributed by atoms with Crippen LogP contribution in [0.4, 0.5) is 0 Å². The summed E-state index contributed by atoms with van der Waals surface area (Å²) >= 11 is 0. The first-order valence-corrected chi connectivity index (χ1v) is 6.99. The summed E-state index contributed by atoms with van der Waals surface area (Å²) in [6, 6.07) is 9.12. The molecule has 0 aliphatic heterocycles. The Morgan fingerprint density at radius 3 is 2.86 bits per heavy atom. The number of carbonyl (C=O) groups excluding carboxylic acids is 1. The summed E-state index contributed by atoms with van der Waals surface area (Å²) in [5.74, 6) is -0.329. The average molecular weight is 282 g/mol. The van der Waals surface area contributed by atoms with Gasteiger partial charge in [-0.3, -0.25) is 14.8 Å². The Balaban J connectivity index is 1.90. The molecule has 0 radical (unpaired) electrons. The number of hydrogen-bond donors (Lipinski definition) is 1. The number of unbranched alkanes of at least 4 members (excludes halogenated alkanes) is 1. The second kappa shape index (κ2) is 7.89. The molecule has 5 heteroatoms. The number of nitrogens with zero attached hydrogens (tertiary/aromatic N) is 3. The minimum atomic E-state index is -0.329. The molecule has 2 rings (SSSR count). The van der Waals surface area contributed by atoms with E-state index in [-0.39, 0.29) is 5.91 Å². The van der Waals surface area contributed by atoms with E-state index in [0.717, 1.165) is 24.8 Å². The molecule has 0 saturated carbocycles. The SMILES string of the molecule is CCCCc1ccc(C(=O)NN=Cc2ccccn2)nc1. The van der Waals surface area contributed by atoms with E-state index >= 15 is 0 Å². The van der Waals surface area contributed by atoms with E-state index in [1.54, 1.807) is 24.5 Å². The molecule has 0 aliphatic carbocycles. The quantitative estimate of drug-likeness (QED) is 0.654. The summed E-state index contributed by atoms with van der Waals surface area (Å²) in [4.78, 5) is 20.1. The van der Waals surface area contributed by atoms with Gasteiger partial charge in [-0.15, -0.1) is 0 Å². The number of rotatable bonds is 6. The fourth-order valence-electron chi connectivity index (χ4n) is 1.75. The van der Waals surface area contributed by atoms with Gasteiger partial charge in [-0.2, -0.15) is 5.10 Å². The van der Waals surface area contributed by atoms with Crippen LogP contribution in [0.15, 0.2) is 47.8 Å². The Kier molecular flexibility index (Phi) is 5.58. The van der Waals surface area contributed by atoms with Gasteiger partial charge in [0.15, 0.2) is 0 Å². The van der Waals surface area contributed by atoms with Gasteiger partial charge in [-0.05, 0) is 36.6 Å². The molecule has 0 saturated heterocycles. The lowest BCUT2D eigenvalue weighted by molar-refractivity contribution is 0.0950. The third-order valence-electron chi connectivity index (χ3n) is 2.93. The van der Waals surface area contributed by atoms with Crippen molar-refractivity contribution >= 4 is 12.1 Å². The van der Waals surface area contributed by atoms with Crippen molar-refractivity contribution in [3.05, 3.63) is 59.7 Å². The maximum Gasteiger partial charge on any atom is 0.289 e. The van der Waals surface area contributed by atoms with Crippen LogP contribution in [-0.2, 0) is 6.42 Å². The highest BCUT2D eigenvalue weighted by molar-refractivity contribution is 5.92. The van der Waals surface area contributed by atoms with Crippen molar-refractivity contribution in [3.8, 4) is 0 Å². The van der Waals surface area contributed by atoms with E-state index in [1.165, 1.54) is 6.21 Å². The van der Waals surface area contributed by atoms with E-state index in [4.69, 9.17) is 0 Å². The molecule has 2 heterocycles. The minimum absolute atomic E-state index is 0.329. The Bertz CT molecular complexity index is 593. The fraction of sp³-hybridized carbons (Fsp3) is 0.250. The van der Waals surface area contributed by atoms with Gasteiger partial charge in [0.25, 0.3) is 5.91 Å². The third-order valence-corrected chi connectivity index (χ3v) is 2.93. The normalized spacial score (nSPS) is 10.7. The highest BCUT2D eigenvalue weighted by Gasteiger charge is 2.05. The molecular formula is C16H18N4O. The number of carbonyl (C=O) groups is 1. The molecule has 2 aromatic heterocycles. The van der Waals surface area contributed by atoms with Crippen molar-refractivity contribution in [2.75, 3.05) is 0 Å². The maximum atomic E-state index is 11.9. The van der Waals surface area contributed by atoms with E-state index in [2.05, 4.69) is 27.4 Å². The first-order valence-electron chi connectivity index (χ1n) is 6.99. The Morgan fingerprint density at radius 1 is 1.29 bits per heavy atom. The molecule has 1 N–H and O–H groups in total. The van der Waals surface area contributed by atoms with Crippen LogP contribution in [0.3, 0.4) is 0 Å². The molecule has 0 aliphatic rings. The van der Waals surface area contributed by atoms with Crippen molar-refractivity contribution in [2.24, 2.45) is 5.10 Å². The second-order valence-corrected chi connectivity index (χ2v) is 4.61. The van der Waals surface area contributed by atoms with Gasteiger partial charge in [0.2, 0.25) is 0 Å². The van der Waals surface area contributed by atoms with Crippen molar-refractivity contribution in [1.29, 1.82) is 0 Å². The number of aromatic nitrogens is 2. The van der Waals surface area contributed by atoms with Crippen LogP contribution in [0.25, 0.3) is 0 Å². The van der Waals surface area contributed by atoms with Crippen LogP contribution in [0, 0.1) is 0 Å². The van der Waals surface area contributed by atoms with Crippen molar-refractivity contribution in [1.82, 2.24) is 15.4 Å². The third kappa shape index (κ3) is 4.80. The van der Waals surface area contributed by atoms with Gasteiger partial charge in [0.05, 0.1) is 11.9 Å². The number of nitrogens with one attached hydrogen (secondary N) is 1.